The molecule has 5 rings (SSSR count). The van der Waals surface area contributed by atoms with Crippen molar-refractivity contribution in [2.45, 2.75) is 32.4 Å². The molecule has 2 atom stereocenters. The zero-order valence-corrected chi connectivity index (χ0v) is 24.0. The van der Waals surface area contributed by atoms with Gasteiger partial charge in [-0.05, 0) is 44.0 Å². The second-order valence-electron chi connectivity index (χ2n) is 10.3. The lowest BCUT2D eigenvalue weighted by Crippen LogP contribution is -2.48. The molecule has 2 fully saturated rings. The van der Waals surface area contributed by atoms with Crippen LogP contribution in [0.3, 0.4) is 0 Å². The SMILES string of the molecule is CN=CN(C(=O)N1NCC[C@H]1c1cc(F)cc(C#N)c1)C(C)c1nn(C)c(-c2nc(N3CCNCC3)ncc2F)c1C. The van der Waals surface area contributed by atoms with E-state index in [2.05, 4.69) is 30.8 Å². The monoisotopic (exact) mass is 577 g/mol. The molecule has 1 aromatic carbocycles. The van der Waals surface area contributed by atoms with Crippen molar-refractivity contribution in [1.82, 2.24) is 40.4 Å². The first-order valence-electron chi connectivity index (χ1n) is 13.7. The zero-order valence-electron chi connectivity index (χ0n) is 24.0. The number of carbonyl (C=O) groups excluding carboxylic acids is 1. The number of anilines is 1. The van der Waals surface area contributed by atoms with Crippen molar-refractivity contribution in [2.75, 3.05) is 44.7 Å². The molecule has 2 saturated heterocycles. The first kappa shape index (κ1) is 29.0. The first-order valence-corrected chi connectivity index (χ1v) is 13.7. The highest BCUT2D eigenvalue weighted by Crippen LogP contribution is 2.34. The fourth-order valence-electron chi connectivity index (χ4n) is 5.56. The summed E-state index contributed by atoms with van der Waals surface area (Å²) in [7, 11) is 3.26. The van der Waals surface area contributed by atoms with E-state index >= 15 is 4.39 Å². The predicted molar refractivity (Wildman–Crippen MR) is 152 cm³/mol. The van der Waals surface area contributed by atoms with Crippen molar-refractivity contribution in [3.05, 3.63) is 58.4 Å². The second-order valence-corrected chi connectivity index (χ2v) is 10.3. The van der Waals surface area contributed by atoms with Gasteiger partial charge in [0.05, 0.1) is 47.6 Å². The zero-order chi connectivity index (χ0) is 30.0. The largest absolute Gasteiger partial charge is 0.340 e. The molecular formula is C28H33F2N11O. The Hall–Kier alpha value is -4.48. The maximum Gasteiger partial charge on any atom is 0.340 e. The molecular weight excluding hydrogens is 544 g/mol. The van der Waals surface area contributed by atoms with Gasteiger partial charge in [0.25, 0.3) is 0 Å². The van der Waals surface area contributed by atoms with Crippen LogP contribution in [0.5, 0.6) is 0 Å². The number of halogens is 2. The number of benzene rings is 1. The number of urea groups is 1. The number of nitrogens with one attached hydrogen (secondary N) is 2. The average molecular weight is 578 g/mol. The van der Waals surface area contributed by atoms with Crippen LogP contribution in [0, 0.1) is 29.9 Å². The van der Waals surface area contributed by atoms with Gasteiger partial charge >= 0.3 is 6.03 Å². The molecule has 4 heterocycles. The highest BCUT2D eigenvalue weighted by Gasteiger charge is 2.36. The summed E-state index contributed by atoms with van der Waals surface area (Å²) < 4.78 is 31.0. The summed E-state index contributed by atoms with van der Waals surface area (Å²) in [5.74, 6) is -0.670. The number of hydrogen-bond donors (Lipinski definition) is 2. The normalized spacial score (nSPS) is 18.0. The standard InChI is InChI=1S/C28H33F2N11O/c1-17-24(37-38(4)26(17)25-22(30)15-34-27(36-25)39-9-7-33-8-10-39)18(2)40(16-32-3)28(42)41-23(5-6-35-41)20-11-19(14-31)12-21(29)13-20/h11-13,15-16,18,23,33,35H,5-10H2,1-4H3/t18?,23-/m0/s1. The summed E-state index contributed by atoms with van der Waals surface area (Å²) in [6.45, 7) is 7.11. The highest BCUT2D eigenvalue weighted by atomic mass is 19.1. The van der Waals surface area contributed by atoms with Crippen molar-refractivity contribution in [2.24, 2.45) is 12.0 Å². The van der Waals surface area contributed by atoms with Crippen LogP contribution in [0.2, 0.25) is 0 Å². The van der Waals surface area contributed by atoms with Gasteiger partial charge < -0.3 is 10.2 Å². The second kappa shape index (κ2) is 12.2. The topological polar surface area (TPSA) is 131 Å². The van der Waals surface area contributed by atoms with E-state index in [1.54, 1.807) is 24.8 Å². The molecule has 42 heavy (non-hydrogen) atoms. The molecule has 220 valence electrons. The van der Waals surface area contributed by atoms with Gasteiger partial charge in [-0.15, -0.1) is 0 Å². The molecule has 0 bridgehead atoms. The van der Waals surface area contributed by atoms with Crippen molar-refractivity contribution in [3.63, 3.8) is 0 Å². The van der Waals surface area contributed by atoms with Gasteiger partial charge in [-0.3, -0.25) is 19.6 Å². The number of aliphatic imine (C=N–C) groups is 1. The number of rotatable bonds is 6. The van der Waals surface area contributed by atoms with Crippen molar-refractivity contribution in [3.8, 4) is 17.5 Å². The third-order valence-corrected chi connectivity index (χ3v) is 7.60. The quantitative estimate of drug-likeness (QED) is 0.338. The van der Waals surface area contributed by atoms with Crippen LogP contribution in [0.4, 0.5) is 19.5 Å². The van der Waals surface area contributed by atoms with E-state index in [0.717, 1.165) is 19.2 Å². The summed E-state index contributed by atoms with van der Waals surface area (Å²) in [6, 6.07) is 4.50. The molecule has 0 aliphatic carbocycles. The Morgan fingerprint density at radius 2 is 2.02 bits per heavy atom. The first-order chi connectivity index (χ1) is 20.2. The van der Waals surface area contributed by atoms with E-state index in [0.29, 0.717) is 54.5 Å². The van der Waals surface area contributed by atoms with Crippen molar-refractivity contribution < 1.29 is 13.6 Å². The van der Waals surface area contributed by atoms with Gasteiger partial charge in [-0.1, -0.05) is 0 Å². The van der Waals surface area contributed by atoms with Crippen molar-refractivity contribution >= 4 is 18.3 Å². The number of aromatic nitrogens is 4. The maximum absolute atomic E-state index is 15.1. The molecule has 2 aliphatic rings. The van der Waals surface area contributed by atoms with Gasteiger partial charge in [0.2, 0.25) is 5.95 Å². The molecule has 12 nitrogen and oxygen atoms in total. The molecule has 2 N–H and O–H groups in total. The predicted octanol–water partition coefficient (Wildman–Crippen LogP) is 2.84. The number of carbonyl (C=O) groups is 1. The lowest BCUT2D eigenvalue weighted by Gasteiger charge is -2.32. The maximum atomic E-state index is 15.1. The molecule has 2 amide bonds. The Labute approximate surface area is 242 Å². The number of nitrogens with zero attached hydrogens (tertiary/aromatic N) is 9. The van der Waals surface area contributed by atoms with Gasteiger partial charge in [-0.2, -0.15) is 10.4 Å². The summed E-state index contributed by atoms with van der Waals surface area (Å²) in [4.78, 5) is 30.3. The Bertz CT molecular complexity index is 1540. The Morgan fingerprint density at radius 1 is 1.26 bits per heavy atom. The van der Waals surface area contributed by atoms with Crippen LogP contribution in [0.15, 0.2) is 29.4 Å². The van der Waals surface area contributed by atoms with Crippen LogP contribution in [-0.4, -0.2) is 81.8 Å². The van der Waals surface area contributed by atoms with Crippen LogP contribution in [0.1, 0.15) is 47.8 Å². The Kier molecular flexibility index (Phi) is 8.41. The number of hydrazine groups is 1. The van der Waals surface area contributed by atoms with Gasteiger partial charge in [0.1, 0.15) is 11.5 Å². The van der Waals surface area contributed by atoms with Gasteiger partial charge in [0.15, 0.2) is 5.82 Å². The molecule has 0 radical (unpaired) electrons. The van der Waals surface area contributed by atoms with E-state index in [9.17, 15) is 14.4 Å². The van der Waals surface area contributed by atoms with E-state index in [-0.39, 0.29) is 11.3 Å². The van der Waals surface area contributed by atoms with Gasteiger partial charge in [0, 0.05) is 52.4 Å². The van der Waals surface area contributed by atoms with Crippen LogP contribution >= 0.6 is 0 Å². The average Bonchev–Trinajstić information content (AvgIpc) is 3.60. The molecule has 2 aromatic heterocycles. The van der Waals surface area contributed by atoms with E-state index in [1.165, 1.54) is 28.5 Å². The molecule has 0 spiro atoms. The van der Waals surface area contributed by atoms with Crippen LogP contribution in [-0.2, 0) is 7.05 Å². The molecule has 14 heteroatoms. The third-order valence-electron chi connectivity index (χ3n) is 7.60. The fraction of sp³-hybridized carbons (Fsp3) is 0.429. The minimum Gasteiger partial charge on any atom is -0.338 e. The molecule has 2 aliphatic heterocycles. The lowest BCUT2D eigenvalue weighted by atomic mass is 10.0. The third kappa shape index (κ3) is 5.53. The minimum absolute atomic E-state index is 0.132. The minimum atomic E-state index is -0.607. The fourth-order valence-corrected chi connectivity index (χ4v) is 5.56. The van der Waals surface area contributed by atoms with E-state index in [4.69, 9.17) is 0 Å². The summed E-state index contributed by atoms with van der Waals surface area (Å²) in [6.07, 6.45) is 3.12. The van der Waals surface area contributed by atoms with E-state index in [1.807, 2.05) is 24.8 Å². The Balaban J connectivity index is 1.46. The molecule has 0 saturated carbocycles. The number of nitriles is 1. The smallest absolute Gasteiger partial charge is 0.338 e. The summed E-state index contributed by atoms with van der Waals surface area (Å²) >= 11 is 0. The van der Waals surface area contributed by atoms with Crippen LogP contribution < -0.4 is 15.6 Å². The number of hydrogen-bond acceptors (Lipinski definition) is 9. The highest BCUT2D eigenvalue weighted by molar-refractivity contribution is 5.87. The summed E-state index contributed by atoms with van der Waals surface area (Å²) in [5.41, 5.74) is 5.59. The van der Waals surface area contributed by atoms with Gasteiger partial charge in [-0.25, -0.2) is 29.0 Å². The van der Waals surface area contributed by atoms with Crippen molar-refractivity contribution in [1.29, 1.82) is 5.26 Å². The number of aryl methyl sites for hydroxylation is 1. The number of amides is 2. The van der Waals surface area contributed by atoms with E-state index < -0.39 is 29.7 Å². The molecule has 3 aromatic rings. The lowest BCUT2D eigenvalue weighted by molar-refractivity contribution is 0.140. The van der Waals surface area contributed by atoms with Crippen LogP contribution in [0.25, 0.3) is 11.4 Å². The Morgan fingerprint density at radius 3 is 2.74 bits per heavy atom. The summed E-state index contributed by atoms with van der Waals surface area (Å²) in [5, 5.41) is 18.7. The number of piperazine rings is 1. The molecule has 1 unspecified atom stereocenters.